The van der Waals surface area contributed by atoms with Crippen LogP contribution >= 0.6 is 0 Å². The number of Topliss-reactive ketones (excluding diaryl/α,β-unsaturated/α-hetero) is 3. The van der Waals surface area contributed by atoms with E-state index in [0.717, 1.165) is 38.5 Å². The van der Waals surface area contributed by atoms with E-state index in [1.165, 1.54) is 0 Å². The second-order valence-electron chi connectivity index (χ2n) is 8.80. The van der Waals surface area contributed by atoms with Crippen molar-refractivity contribution in [2.45, 2.75) is 129 Å². The molecule has 0 fully saturated rings. The van der Waals surface area contributed by atoms with Crippen molar-refractivity contribution < 1.29 is 29.7 Å². The summed E-state index contributed by atoms with van der Waals surface area (Å²) in [6.45, 7) is 9.57. The standard InChI is InChI=1S/C25H46O6/c1-6-11-14-17-20(26)25(31,23(29)19(10-5)16-13-8-3)24(30)22(28)21(27)18(9-4)15-12-7-2/h18-19,22,24,28,30-31H,6-17H2,1-5H3. The zero-order valence-electron chi connectivity index (χ0n) is 20.4. The van der Waals surface area contributed by atoms with Crippen molar-refractivity contribution in [2.24, 2.45) is 11.8 Å². The van der Waals surface area contributed by atoms with Gasteiger partial charge in [-0.05, 0) is 32.1 Å². The van der Waals surface area contributed by atoms with E-state index < -0.39 is 47.0 Å². The number of ketones is 3. The van der Waals surface area contributed by atoms with E-state index in [9.17, 15) is 29.7 Å². The van der Waals surface area contributed by atoms with Crippen LogP contribution in [0.2, 0.25) is 0 Å². The van der Waals surface area contributed by atoms with Crippen molar-refractivity contribution in [1.29, 1.82) is 0 Å². The molecule has 0 aromatic rings. The summed E-state index contributed by atoms with van der Waals surface area (Å²) in [5, 5.41) is 32.8. The van der Waals surface area contributed by atoms with Crippen molar-refractivity contribution in [2.75, 3.05) is 0 Å². The van der Waals surface area contributed by atoms with Gasteiger partial charge in [-0.3, -0.25) is 14.4 Å². The summed E-state index contributed by atoms with van der Waals surface area (Å²) in [7, 11) is 0. The molecule has 5 unspecified atom stereocenters. The SMILES string of the molecule is CCCCCC(=O)C(O)(C(=O)C(CC)CCCC)C(O)C(O)C(=O)C(CC)CCCC. The Morgan fingerprint density at radius 3 is 1.68 bits per heavy atom. The molecule has 0 bridgehead atoms. The molecule has 0 saturated carbocycles. The zero-order chi connectivity index (χ0) is 24.0. The maximum absolute atomic E-state index is 13.3. The molecule has 3 N–H and O–H groups in total. The van der Waals surface area contributed by atoms with Crippen LogP contribution in [0.15, 0.2) is 0 Å². The minimum absolute atomic E-state index is 0.0781. The maximum atomic E-state index is 13.3. The third-order valence-corrected chi connectivity index (χ3v) is 6.40. The first-order valence-electron chi connectivity index (χ1n) is 12.4. The van der Waals surface area contributed by atoms with Gasteiger partial charge >= 0.3 is 0 Å². The number of carbonyl (C=O) groups excluding carboxylic acids is 3. The normalized spacial score (nSPS) is 17.4. The largest absolute Gasteiger partial charge is 0.386 e. The quantitative estimate of drug-likeness (QED) is 0.205. The first kappa shape index (κ1) is 29.9. The van der Waals surface area contributed by atoms with Crippen LogP contribution < -0.4 is 0 Å². The number of aliphatic hydroxyl groups excluding tert-OH is 2. The van der Waals surface area contributed by atoms with Crippen LogP contribution in [0.5, 0.6) is 0 Å². The maximum Gasteiger partial charge on any atom is 0.210 e. The first-order chi connectivity index (χ1) is 14.7. The Balaban J connectivity index is 5.90. The molecular weight excluding hydrogens is 396 g/mol. The molecule has 5 atom stereocenters. The van der Waals surface area contributed by atoms with Crippen LogP contribution in [-0.4, -0.2) is 50.5 Å². The molecule has 0 aliphatic rings. The molecule has 0 radical (unpaired) electrons. The minimum atomic E-state index is -2.76. The number of rotatable bonds is 19. The summed E-state index contributed by atoms with van der Waals surface area (Å²) < 4.78 is 0. The Labute approximate surface area is 188 Å². The third kappa shape index (κ3) is 8.39. The first-order valence-corrected chi connectivity index (χ1v) is 12.4. The van der Waals surface area contributed by atoms with E-state index in [0.29, 0.717) is 32.1 Å². The molecule has 6 heteroatoms. The molecular formula is C25H46O6. The van der Waals surface area contributed by atoms with Crippen LogP contribution in [-0.2, 0) is 14.4 Å². The molecule has 0 aliphatic carbocycles. The molecule has 0 amide bonds. The van der Waals surface area contributed by atoms with Crippen LogP contribution in [0.1, 0.15) is 112 Å². The molecule has 0 aromatic carbocycles. The van der Waals surface area contributed by atoms with Crippen molar-refractivity contribution in [3.05, 3.63) is 0 Å². The van der Waals surface area contributed by atoms with E-state index in [2.05, 4.69) is 0 Å². The highest BCUT2D eigenvalue weighted by Crippen LogP contribution is 2.29. The molecule has 0 spiro atoms. The highest BCUT2D eigenvalue weighted by Gasteiger charge is 2.54. The van der Waals surface area contributed by atoms with Crippen LogP contribution in [0.4, 0.5) is 0 Å². The number of aliphatic hydroxyl groups is 3. The predicted molar refractivity (Wildman–Crippen MR) is 123 cm³/mol. The average Bonchev–Trinajstić information content (AvgIpc) is 2.78. The van der Waals surface area contributed by atoms with E-state index >= 15 is 0 Å². The van der Waals surface area contributed by atoms with Crippen LogP contribution in [0.3, 0.4) is 0 Å². The summed E-state index contributed by atoms with van der Waals surface area (Å²) in [5.74, 6) is -3.29. The lowest BCUT2D eigenvalue weighted by Gasteiger charge is -2.35. The molecule has 0 rings (SSSR count). The van der Waals surface area contributed by atoms with Gasteiger partial charge in [-0.25, -0.2) is 0 Å². The molecule has 0 aliphatic heterocycles. The number of unbranched alkanes of at least 4 members (excludes halogenated alkanes) is 4. The molecule has 0 saturated heterocycles. The smallest absolute Gasteiger partial charge is 0.210 e. The van der Waals surface area contributed by atoms with Gasteiger partial charge in [0, 0.05) is 18.3 Å². The Morgan fingerprint density at radius 2 is 1.23 bits per heavy atom. The number of hydrogen-bond donors (Lipinski definition) is 3. The lowest BCUT2D eigenvalue weighted by atomic mass is 9.74. The van der Waals surface area contributed by atoms with Gasteiger partial charge in [0.2, 0.25) is 5.60 Å². The molecule has 6 nitrogen and oxygen atoms in total. The van der Waals surface area contributed by atoms with E-state index in [1.807, 2.05) is 27.7 Å². The molecule has 182 valence electrons. The van der Waals surface area contributed by atoms with Crippen molar-refractivity contribution >= 4 is 17.3 Å². The Bertz CT molecular complexity index is 546. The monoisotopic (exact) mass is 442 g/mol. The fraction of sp³-hybridized carbons (Fsp3) is 0.880. The van der Waals surface area contributed by atoms with Crippen molar-refractivity contribution in [1.82, 2.24) is 0 Å². The Kier molecular flexibility index (Phi) is 15.1. The summed E-state index contributed by atoms with van der Waals surface area (Å²) in [4.78, 5) is 39.1. The Morgan fingerprint density at radius 1 is 0.742 bits per heavy atom. The fourth-order valence-corrected chi connectivity index (χ4v) is 4.08. The third-order valence-electron chi connectivity index (χ3n) is 6.40. The van der Waals surface area contributed by atoms with Crippen LogP contribution in [0, 0.1) is 11.8 Å². The number of hydrogen-bond acceptors (Lipinski definition) is 6. The fourth-order valence-electron chi connectivity index (χ4n) is 4.08. The van der Waals surface area contributed by atoms with Gasteiger partial charge in [-0.15, -0.1) is 0 Å². The van der Waals surface area contributed by atoms with Gasteiger partial charge < -0.3 is 15.3 Å². The van der Waals surface area contributed by atoms with Gasteiger partial charge in [0.15, 0.2) is 17.3 Å². The predicted octanol–water partition coefficient (Wildman–Crippen LogP) is 4.16. The van der Waals surface area contributed by atoms with Crippen molar-refractivity contribution in [3.8, 4) is 0 Å². The van der Waals surface area contributed by atoms with E-state index in [4.69, 9.17) is 0 Å². The highest BCUT2D eigenvalue weighted by atomic mass is 16.4. The summed E-state index contributed by atoms with van der Waals surface area (Å²) >= 11 is 0. The molecule has 31 heavy (non-hydrogen) atoms. The molecule has 0 aromatic heterocycles. The van der Waals surface area contributed by atoms with Gasteiger partial charge in [-0.1, -0.05) is 73.1 Å². The van der Waals surface area contributed by atoms with Crippen LogP contribution in [0.25, 0.3) is 0 Å². The average molecular weight is 443 g/mol. The summed E-state index contributed by atoms with van der Waals surface area (Å²) in [5.41, 5.74) is -2.76. The van der Waals surface area contributed by atoms with Gasteiger partial charge in [0.1, 0.15) is 12.2 Å². The lowest BCUT2D eigenvalue weighted by molar-refractivity contribution is -0.178. The van der Waals surface area contributed by atoms with E-state index in [1.54, 1.807) is 6.92 Å². The van der Waals surface area contributed by atoms with Gasteiger partial charge in [0.25, 0.3) is 0 Å². The Hall–Kier alpha value is -1.11. The topological polar surface area (TPSA) is 112 Å². The lowest BCUT2D eigenvalue weighted by Crippen LogP contribution is -2.63. The number of carbonyl (C=O) groups is 3. The van der Waals surface area contributed by atoms with E-state index in [-0.39, 0.29) is 6.42 Å². The van der Waals surface area contributed by atoms with Gasteiger partial charge in [-0.2, -0.15) is 0 Å². The van der Waals surface area contributed by atoms with Gasteiger partial charge in [0.05, 0.1) is 0 Å². The summed E-state index contributed by atoms with van der Waals surface area (Å²) in [6.07, 6.45) is 3.07. The summed E-state index contributed by atoms with van der Waals surface area (Å²) in [6, 6.07) is 0. The second kappa shape index (κ2) is 15.7. The zero-order valence-corrected chi connectivity index (χ0v) is 20.4. The highest BCUT2D eigenvalue weighted by molar-refractivity contribution is 6.12. The van der Waals surface area contributed by atoms with Crippen molar-refractivity contribution in [3.63, 3.8) is 0 Å². The molecule has 0 heterocycles. The second-order valence-corrected chi connectivity index (χ2v) is 8.80. The minimum Gasteiger partial charge on any atom is -0.386 e.